The zero-order chi connectivity index (χ0) is 24.3. The van der Waals surface area contributed by atoms with E-state index in [1.54, 1.807) is 11.6 Å². The molecule has 0 atom stereocenters. The molecule has 4 aromatic rings. The van der Waals surface area contributed by atoms with Gasteiger partial charge in [-0.1, -0.05) is 0 Å². The van der Waals surface area contributed by atoms with E-state index in [4.69, 9.17) is 24.0 Å². The lowest BCUT2D eigenvalue weighted by Crippen LogP contribution is -2.25. The quantitative estimate of drug-likeness (QED) is 0.392. The molecule has 1 N–H and O–H groups in total. The number of pyridine rings is 1. The third-order valence-electron chi connectivity index (χ3n) is 6.48. The summed E-state index contributed by atoms with van der Waals surface area (Å²) in [5, 5.41) is 8.02. The lowest BCUT2D eigenvalue weighted by molar-refractivity contribution is 0.171. The predicted octanol–water partition coefficient (Wildman–Crippen LogP) is 4.39. The van der Waals surface area contributed by atoms with E-state index >= 15 is 0 Å². The van der Waals surface area contributed by atoms with Crippen LogP contribution in [-0.2, 0) is 0 Å². The van der Waals surface area contributed by atoms with Crippen LogP contribution in [0, 0.1) is 0 Å². The van der Waals surface area contributed by atoms with E-state index in [1.807, 2.05) is 54.6 Å². The topological polar surface area (TPSA) is 82.4 Å². The van der Waals surface area contributed by atoms with Gasteiger partial charge in [0.1, 0.15) is 37.0 Å². The van der Waals surface area contributed by atoms with Crippen molar-refractivity contribution in [3.05, 3.63) is 54.6 Å². The largest absolute Gasteiger partial charge is 0.494 e. The summed E-state index contributed by atoms with van der Waals surface area (Å²) in [6.07, 6.45) is 2.59. The van der Waals surface area contributed by atoms with Crippen molar-refractivity contribution in [3.8, 4) is 34.3 Å². The van der Waals surface area contributed by atoms with Gasteiger partial charge in [0.05, 0.1) is 7.11 Å². The summed E-state index contributed by atoms with van der Waals surface area (Å²) in [5.74, 6) is 3.48. The SMILES string of the molecule is COc1ccc2nc(Nc3ccc(OCCN4CCCC4)cc3)nn2c1-c1ccc2c(c1)OCCO2. The average molecular weight is 488 g/mol. The normalized spacial score (nSPS) is 15.2. The van der Waals surface area contributed by atoms with Crippen LogP contribution >= 0.6 is 0 Å². The lowest BCUT2D eigenvalue weighted by atomic mass is 10.1. The zero-order valence-corrected chi connectivity index (χ0v) is 20.3. The molecule has 0 aliphatic carbocycles. The Morgan fingerprint density at radius 1 is 0.944 bits per heavy atom. The summed E-state index contributed by atoms with van der Waals surface area (Å²) in [4.78, 5) is 7.11. The van der Waals surface area contributed by atoms with Crippen LogP contribution in [0.1, 0.15) is 12.8 Å². The maximum atomic E-state index is 5.91. The Hall–Kier alpha value is -3.98. The van der Waals surface area contributed by atoms with Crippen LogP contribution in [0.25, 0.3) is 16.9 Å². The molecule has 186 valence electrons. The van der Waals surface area contributed by atoms with Crippen LogP contribution in [-0.4, -0.2) is 66.1 Å². The first-order valence-corrected chi connectivity index (χ1v) is 12.3. The van der Waals surface area contributed by atoms with Crippen LogP contribution in [0.4, 0.5) is 11.6 Å². The Balaban J connectivity index is 1.21. The second-order valence-electron chi connectivity index (χ2n) is 8.86. The molecule has 0 unspecified atom stereocenters. The van der Waals surface area contributed by atoms with Gasteiger partial charge in [0.2, 0.25) is 5.95 Å². The molecule has 36 heavy (non-hydrogen) atoms. The van der Waals surface area contributed by atoms with Crippen molar-refractivity contribution < 1.29 is 18.9 Å². The molecule has 0 amide bonds. The molecule has 9 nitrogen and oxygen atoms in total. The van der Waals surface area contributed by atoms with Gasteiger partial charge in [0.25, 0.3) is 0 Å². The highest BCUT2D eigenvalue weighted by molar-refractivity contribution is 5.73. The maximum Gasteiger partial charge on any atom is 0.247 e. The van der Waals surface area contributed by atoms with E-state index in [-0.39, 0.29) is 0 Å². The van der Waals surface area contributed by atoms with E-state index in [0.717, 1.165) is 35.0 Å². The first-order valence-electron chi connectivity index (χ1n) is 12.3. The molecule has 2 aliphatic heterocycles. The van der Waals surface area contributed by atoms with Crippen LogP contribution in [0.15, 0.2) is 54.6 Å². The summed E-state index contributed by atoms with van der Waals surface area (Å²) in [5.41, 5.74) is 3.26. The Morgan fingerprint density at radius 2 is 1.75 bits per heavy atom. The van der Waals surface area contributed by atoms with Crippen molar-refractivity contribution >= 4 is 17.3 Å². The molecule has 2 aromatic carbocycles. The predicted molar refractivity (Wildman–Crippen MR) is 137 cm³/mol. The number of aromatic nitrogens is 3. The molecule has 1 fully saturated rings. The third-order valence-corrected chi connectivity index (χ3v) is 6.48. The van der Waals surface area contributed by atoms with Crippen LogP contribution < -0.4 is 24.3 Å². The van der Waals surface area contributed by atoms with Crippen molar-refractivity contribution in [2.75, 3.05) is 51.9 Å². The molecule has 6 rings (SSSR count). The number of hydrogen-bond donors (Lipinski definition) is 1. The van der Waals surface area contributed by atoms with Crippen molar-refractivity contribution in [3.63, 3.8) is 0 Å². The minimum atomic E-state index is 0.491. The molecule has 1 saturated heterocycles. The van der Waals surface area contributed by atoms with E-state index in [9.17, 15) is 0 Å². The van der Waals surface area contributed by atoms with E-state index in [2.05, 4.69) is 15.2 Å². The van der Waals surface area contributed by atoms with Gasteiger partial charge in [-0.05, 0) is 80.5 Å². The molecule has 2 aromatic heterocycles. The van der Waals surface area contributed by atoms with E-state index < -0.39 is 0 Å². The number of nitrogens with one attached hydrogen (secondary N) is 1. The summed E-state index contributed by atoms with van der Waals surface area (Å²) < 4.78 is 24.8. The third kappa shape index (κ3) is 4.61. The minimum absolute atomic E-state index is 0.491. The van der Waals surface area contributed by atoms with Crippen LogP contribution in [0.2, 0.25) is 0 Å². The van der Waals surface area contributed by atoms with Crippen molar-refractivity contribution in [2.24, 2.45) is 0 Å². The lowest BCUT2D eigenvalue weighted by Gasteiger charge is -2.19. The highest BCUT2D eigenvalue weighted by atomic mass is 16.6. The van der Waals surface area contributed by atoms with Gasteiger partial charge in [-0.15, -0.1) is 5.10 Å². The second kappa shape index (κ2) is 9.94. The number of methoxy groups -OCH3 is 1. The standard InChI is InChI=1S/C27H29N5O4/c1-33-23-10-11-25-29-27(28-20-5-7-21(8-6-20)34-15-14-31-12-2-3-13-31)30-32(25)26(23)19-4-9-22-24(18-19)36-17-16-35-22/h4-11,18H,2-3,12-17H2,1H3,(H,28,30). The van der Waals surface area contributed by atoms with Crippen molar-refractivity contribution in [2.45, 2.75) is 12.8 Å². The first-order chi connectivity index (χ1) is 17.8. The number of likely N-dealkylation sites (tertiary alicyclic amines) is 1. The summed E-state index contributed by atoms with van der Waals surface area (Å²) in [6, 6.07) is 17.5. The molecule has 0 radical (unpaired) electrons. The second-order valence-corrected chi connectivity index (χ2v) is 8.86. The van der Waals surface area contributed by atoms with Gasteiger partial charge in [-0.2, -0.15) is 4.98 Å². The van der Waals surface area contributed by atoms with Gasteiger partial charge >= 0.3 is 0 Å². The number of benzene rings is 2. The van der Waals surface area contributed by atoms with Gasteiger partial charge in [0.15, 0.2) is 17.1 Å². The molecule has 0 spiro atoms. The number of nitrogens with zero attached hydrogens (tertiary/aromatic N) is 4. The molecule has 4 heterocycles. The monoisotopic (exact) mass is 487 g/mol. The molecular weight excluding hydrogens is 458 g/mol. The Morgan fingerprint density at radius 3 is 2.56 bits per heavy atom. The van der Waals surface area contributed by atoms with Gasteiger partial charge in [-0.3, -0.25) is 4.90 Å². The smallest absolute Gasteiger partial charge is 0.247 e. The van der Waals surface area contributed by atoms with Crippen LogP contribution in [0.5, 0.6) is 23.0 Å². The van der Waals surface area contributed by atoms with Gasteiger partial charge < -0.3 is 24.3 Å². The minimum Gasteiger partial charge on any atom is -0.494 e. The number of anilines is 2. The number of fused-ring (bicyclic) bond motifs is 2. The molecule has 0 saturated carbocycles. The highest BCUT2D eigenvalue weighted by Crippen LogP contribution is 2.38. The summed E-state index contributed by atoms with van der Waals surface area (Å²) >= 11 is 0. The molecule has 9 heteroatoms. The number of hydrogen-bond acceptors (Lipinski definition) is 8. The number of ether oxygens (including phenoxy) is 4. The summed E-state index contributed by atoms with van der Waals surface area (Å²) in [6.45, 7) is 5.11. The fraction of sp³-hybridized carbons (Fsp3) is 0.333. The van der Waals surface area contributed by atoms with Crippen molar-refractivity contribution in [1.29, 1.82) is 0 Å². The molecular formula is C27H29N5O4. The first kappa shape index (κ1) is 22.5. The maximum absolute atomic E-state index is 5.91. The number of rotatable bonds is 8. The van der Waals surface area contributed by atoms with E-state index in [0.29, 0.717) is 42.9 Å². The van der Waals surface area contributed by atoms with Crippen LogP contribution in [0.3, 0.4) is 0 Å². The van der Waals surface area contributed by atoms with Crippen molar-refractivity contribution in [1.82, 2.24) is 19.5 Å². The Labute approximate surface area is 209 Å². The zero-order valence-electron chi connectivity index (χ0n) is 20.3. The van der Waals surface area contributed by atoms with Gasteiger partial charge in [0, 0.05) is 17.8 Å². The van der Waals surface area contributed by atoms with Gasteiger partial charge in [-0.25, -0.2) is 4.52 Å². The fourth-order valence-electron chi connectivity index (χ4n) is 4.67. The fourth-order valence-corrected chi connectivity index (χ4v) is 4.67. The van der Waals surface area contributed by atoms with E-state index in [1.165, 1.54) is 25.9 Å². The highest BCUT2D eigenvalue weighted by Gasteiger charge is 2.19. The average Bonchev–Trinajstić information content (AvgIpc) is 3.58. The Bertz CT molecular complexity index is 1350. The molecule has 0 bridgehead atoms. The molecule has 2 aliphatic rings. The Kier molecular flexibility index (Phi) is 6.21. The summed E-state index contributed by atoms with van der Waals surface area (Å²) in [7, 11) is 1.65.